The second-order valence-electron chi connectivity index (χ2n) is 3.91. The molecule has 2 aromatic rings. The van der Waals surface area contributed by atoms with Crippen LogP contribution in [0.1, 0.15) is 15.9 Å². The summed E-state index contributed by atoms with van der Waals surface area (Å²) in [6.07, 6.45) is 0.790. The van der Waals surface area contributed by atoms with Crippen molar-refractivity contribution in [1.82, 2.24) is 0 Å². The van der Waals surface area contributed by atoms with Gasteiger partial charge in [0.2, 0.25) is 0 Å². The number of rotatable bonds is 5. The van der Waals surface area contributed by atoms with E-state index in [0.29, 0.717) is 22.1 Å². The Kier molecular flexibility index (Phi) is 4.42. The van der Waals surface area contributed by atoms with Gasteiger partial charge in [-0.25, -0.2) is 0 Å². The van der Waals surface area contributed by atoms with E-state index < -0.39 is 0 Å². The van der Waals surface area contributed by atoms with E-state index in [1.807, 2.05) is 12.1 Å². The molecule has 4 heteroatoms. The summed E-state index contributed by atoms with van der Waals surface area (Å²) in [5.74, 6) is 1.28. The Morgan fingerprint density at radius 3 is 2.63 bits per heavy atom. The zero-order valence-electron chi connectivity index (χ0n) is 10.4. The van der Waals surface area contributed by atoms with Gasteiger partial charge in [0.25, 0.3) is 0 Å². The molecule has 98 valence electrons. The third-order valence-electron chi connectivity index (χ3n) is 2.66. The van der Waals surface area contributed by atoms with Crippen molar-refractivity contribution >= 4 is 17.9 Å². The van der Waals surface area contributed by atoms with E-state index in [1.54, 1.807) is 37.4 Å². The molecule has 0 aliphatic heterocycles. The summed E-state index contributed by atoms with van der Waals surface area (Å²) in [6.45, 7) is 0.286. The van der Waals surface area contributed by atoms with Crippen molar-refractivity contribution in [2.24, 2.45) is 0 Å². The van der Waals surface area contributed by atoms with Crippen LogP contribution in [0.5, 0.6) is 11.5 Å². The molecule has 19 heavy (non-hydrogen) atoms. The molecule has 3 nitrogen and oxygen atoms in total. The third kappa shape index (κ3) is 3.26. The number of ether oxygens (including phenoxy) is 2. The second kappa shape index (κ2) is 6.25. The lowest BCUT2D eigenvalue weighted by Gasteiger charge is -2.11. The average Bonchev–Trinajstić information content (AvgIpc) is 2.46. The van der Waals surface area contributed by atoms with Crippen LogP contribution in [0.25, 0.3) is 0 Å². The number of para-hydroxylation sites is 1. The molecule has 0 bridgehead atoms. The van der Waals surface area contributed by atoms with Crippen molar-refractivity contribution in [2.45, 2.75) is 6.61 Å². The molecule has 0 atom stereocenters. The van der Waals surface area contributed by atoms with Gasteiger partial charge in [0.15, 0.2) is 0 Å². The first-order chi connectivity index (χ1) is 9.24. The number of benzene rings is 2. The molecule has 0 N–H and O–H groups in total. The van der Waals surface area contributed by atoms with Gasteiger partial charge in [0.1, 0.15) is 24.4 Å². The second-order valence-corrected chi connectivity index (χ2v) is 4.32. The predicted octanol–water partition coefficient (Wildman–Crippen LogP) is 3.74. The summed E-state index contributed by atoms with van der Waals surface area (Å²) < 4.78 is 10.9. The Morgan fingerprint density at radius 2 is 1.95 bits per heavy atom. The quantitative estimate of drug-likeness (QED) is 0.781. The molecule has 0 aromatic heterocycles. The van der Waals surface area contributed by atoms with Crippen LogP contribution in [0.15, 0.2) is 42.5 Å². The lowest BCUT2D eigenvalue weighted by Crippen LogP contribution is -2.00. The highest BCUT2D eigenvalue weighted by atomic mass is 35.5. The summed E-state index contributed by atoms with van der Waals surface area (Å²) >= 11 is 6.01. The molecule has 0 radical (unpaired) electrons. The van der Waals surface area contributed by atoms with Gasteiger partial charge in [0, 0.05) is 11.1 Å². The zero-order valence-corrected chi connectivity index (χ0v) is 11.2. The van der Waals surface area contributed by atoms with Crippen molar-refractivity contribution in [2.75, 3.05) is 7.11 Å². The van der Waals surface area contributed by atoms with Gasteiger partial charge in [-0.05, 0) is 30.3 Å². The van der Waals surface area contributed by atoms with E-state index in [9.17, 15) is 4.79 Å². The molecule has 0 saturated heterocycles. The highest BCUT2D eigenvalue weighted by Crippen LogP contribution is 2.26. The van der Waals surface area contributed by atoms with Crippen LogP contribution in [-0.2, 0) is 6.61 Å². The third-order valence-corrected chi connectivity index (χ3v) is 2.97. The van der Waals surface area contributed by atoms with Gasteiger partial charge in [-0.2, -0.15) is 0 Å². The molecular formula is C15H13ClO3. The largest absolute Gasteiger partial charge is 0.496 e. The molecular weight excluding hydrogens is 264 g/mol. The molecule has 0 aliphatic rings. The first kappa shape index (κ1) is 13.4. The highest BCUT2D eigenvalue weighted by Gasteiger charge is 2.07. The fraction of sp³-hybridized carbons (Fsp3) is 0.133. The number of hydrogen-bond acceptors (Lipinski definition) is 3. The van der Waals surface area contributed by atoms with Crippen LogP contribution in [0.2, 0.25) is 5.02 Å². The van der Waals surface area contributed by atoms with Crippen LogP contribution in [-0.4, -0.2) is 13.4 Å². The van der Waals surface area contributed by atoms with Gasteiger partial charge in [-0.3, -0.25) is 4.79 Å². The van der Waals surface area contributed by atoms with Gasteiger partial charge >= 0.3 is 0 Å². The molecule has 0 amide bonds. The Bertz CT molecular complexity index is 581. The van der Waals surface area contributed by atoms with Crippen LogP contribution in [0, 0.1) is 0 Å². The molecule has 2 aromatic carbocycles. The fourth-order valence-electron chi connectivity index (χ4n) is 1.70. The molecule has 0 heterocycles. The summed E-state index contributed by atoms with van der Waals surface area (Å²) in [5, 5.41) is 0.549. The number of carbonyl (C=O) groups is 1. The van der Waals surface area contributed by atoms with Crippen LogP contribution < -0.4 is 9.47 Å². The first-order valence-electron chi connectivity index (χ1n) is 5.74. The van der Waals surface area contributed by atoms with Gasteiger partial charge < -0.3 is 9.47 Å². The maximum atomic E-state index is 10.8. The normalized spacial score (nSPS) is 10.0. The van der Waals surface area contributed by atoms with Crippen molar-refractivity contribution in [3.05, 3.63) is 58.6 Å². The minimum Gasteiger partial charge on any atom is -0.496 e. The summed E-state index contributed by atoms with van der Waals surface area (Å²) in [4.78, 5) is 10.8. The van der Waals surface area contributed by atoms with Crippen LogP contribution in [0.4, 0.5) is 0 Å². The summed E-state index contributed by atoms with van der Waals surface area (Å²) in [5.41, 5.74) is 1.38. The monoisotopic (exact) mass is 276 g/mol. The average molecular weight is 277 g/mol. The highest BCUT2D eigenvalue weighted by molar-refractivity contribution is 6.32. The SMILES string of the molecule is COc1ccc(C=O)cc1COc1ccccc1Cl. The number of methoxy groups -OCH3 is 1. The lowest BCUT2D eigenvalue weighted by atomic mass is 10.1. The van der Waals surface area contributed by atoms with Crippen molar-refractivity contribution in [3.63, 3.8) is 0 Å². The molecule has 0 fully saturated rings. The van der Waals surface area contributed by atoms with Crippen LogP contribution in [0.3, 0.4) is 0 Å². The van der Waals surface area contributed by atoms with Gasteiger partial charge in [-0.1, -0.05) is 23.7 Å². The Balaban J connectivity index is 2.19. The Labute approximate surface area is 116 Å². The number of halogens is 1. The molecule has 2 rings (SSSR count). The lowest BCUT2D eigenvalue weighted by molar-refractivity contribution is 0.112. The molecule has 0 saturated carbocycles. The predicted molar refractivity (Wildman–Crippen MR) is 74.2 cm³/mol. The van der Waals surface area contributed by atoms with E-state index >= 15 is 0 Å². The topological polar surface area (TPSA) is 35.5 Å². The van der Waals surface area contributed by atoms with E-state index in [1.165, 1.54) is 0 Å². The van der Waals surface area contributed by atoms with Crippen molar-refractivity contribution < 1.29 is 14.3 Å². The number of aldehydes is 1. The molecule has 0 unspecified atom stereocenters. The minimum absolute atomic E-state index is 0.286. The molecule has 0 spiro atoms. The molecule has 0 aliphatic carbocycles. The Morgan fingerprint density at radius 1 is 1.16 bits per heavy atom. The smallest absolute Gasteiger partial charge is 0.150 e. The van der Waals surface area contributed by atoms with Crippen molar-refractivity contribution in [3.8, 4) is 11.5 Å². The fourth-order valence-corrected chi connectivity index (χ4v) is 1.89. The number of carbonyl (C=O) groups excluding carboxylic acids is 1. The number of hydrogen-bond donors (Lipinski definition) is 0. The van der Waals surface area contributed by atoms with Gasteiger partial charge in [0.05, 0.1) is 12.1 Å². The maximum Gasteiger partial charge on any atom is 0.150 e. The Hall–Kier alpha value is -2.00. The summed E-state index contributed by atoms with van der Waals surface area (Å²) in [7, 11) is 1.58. The zero-order chi connectivity index (χ0) is 13.7. The standard InChI is InChI=1S/C15H13ClO3/c1-18-14-7-6-11(9-17)8-12(14)10-19-15-5-3-2-4-13(15)16/h2-9H,10H2,1H3. The van der Waals surface area contributed by atoms with E-state index in [-0.39, 0.29) is 6.61 Å². The minimum atomic E-state index is 0.286. The van der Waals surface area contributed by atoms with E-state index in [0.717, 1.165) is 11.8 Å². The van der Waals surface area contributed by atoms with Gasteiger partial charge in [-0.15, -0.1) is 0 Å². The first-order valence-corrected chi connectivity index (χ1v) is 6.12. The van der Waals surface area contributed by atoms with E-state index in [4.69, 9.17) is 21.1 Å². The van der Waals surface area contributed by atoms with Crippen molar-refractivity contribution in [1.29, 1.82) is 0 Å². The maximum absolute atomic E-state index is 10.8. The summed E-state index contributed by atoms with van der Waals surface area (Å²) in [6, 6.07) is 12.4. The van der Waals surface area contributed by atoms with E-state index in [2.05, 4.69) is 0 Å². The van der Waals surface area contributed by atoms with Crippen LogP contribution >= 0.6 is 11.6 Å².